The van der Waals surface area contributed by atoms with Gasteiger partial charge in [0, 0.05) is 31.4 Å². The second-order valence-electron chi connectivity index (χ2n) is 4.84. The fourth-order valence-corrected chi connectivity index (χ4v) is 2.08. The average molecular weight is 284 g/mol. The standard InChI is InChI=1S/C15H16N4O2/c1-10-12(9-19(2)18-10)6-11(8-16)15(21)17-13-4-3-5-14(20)7-13/h3-5,7,9,11,20H,6H2,1-2H3,(H,17,21)/t11-/m1/s1. The molecule has 2 aromatic rings. The first kappa shape index (κ1) is 14.6. The number of hydrogen-bond acceptors (Lipinski definition) is 4. The molecule has 0 aliphatic heterocycles. The van der Waals surface area contributed by atoms with Gasteiger partial charge in [0.15, 0.2) is 0 Å². The molecule has 1 aromatic carbocycles. The Kier molecular flexibility index (Phi) is 4.24. The lowest BCUT2D eigenvalue weighted by Crippen LogP contribution is -2.23. The van der Waals surface area contributed by atoms with E-state index in [1.54, 1.807) is 30.1 Å². The molecule has 1 amide bonds. The van der Waals surface area contributed by atoms with Crippen LogP contribution < -0.4 is 5.32 Å². The molecule has 0 unspecified atom stereocenters. The van der Waals surface area contributed by atoms with Crippen LogP contribution in [0.1, 0.15) is 11.3 Å². The second-order valence-corrected chi connectivity index (χ2v) is 4.84. The smallest absolute Gasteiger partial charge is 0.242 e. The van der Waals surface area contributed by atoms with Crippen LogP contribution in [-0.4, -0.2) is 20.8 Å². The van der Waals surface area contributed by atoms with Gasteiger partial charge in [-0.05, 0) is 24.6 Å². The zero-order valence-corrected chi connectivity index (χ0v) is 11.9. The molecular formula is C15H16N4O2. The molecule has 21 heavy (non-hydrogen) atoms. The minimum absolute atomic E-state index is 0.0596. The highest BCUT2D eigenvalue weighted by molar-refractivity contribution is 5.94. The van der Waals surface area contributed by atoms with Crippen LogP contribution in [0.15, 0.2) is 30.5 Å². The number of nitrogens with zero attached hydrogens (tertiary/aromatic N) is 3. The van der Waals surface area contributed by atoms with Gasteiger partial charge in [-0.2, -0.15) is 10.4 Å². The molecule has 2 rings (SSSR count). The lowest BCUT2D eigenvalue weighted by atomic mass is 10.0. The number of hydrogen-bond donors (Lipinski definition) is 2. The summed E-state index contributed by atoms with van der Waals surface area (Å²) in [7, 11) is 1.80. The van der Waals surface area contributed by atoms with Crippen molar-refractivity contribution in [2.45, 2.75) is 13.3 Å². The number of carbonyl (C=O) groups excluding carboxylic acids is 1. The van der Waals surface area contributed by atoms with Crippen molar-refractivity contribution in [1.82, 2.24) is 9.78 Å². The molecule has 108 valence electrons. The number of carbonyl (C=O) groups is 1. The summed E-state index contributed by atoms with van der Waals surface area (Å²) in [5, 5.41) is 25.4. The van der Waals surface area contributed by atoms with Crippen LogP contribution in [0.3, 0.4) is 0 Å². The highest BCUT2D eigenvalue weighted by Gasteiger charge is 2.20. The zero-order valence-electron chi connectivity index (χ0n) is 11.9. The molecule has 0 saturated carbocycles. The van der Waals surface area contributed by atoms with E-state index in [9.17, 15) is 15.2 Å². The Hall–Kier alpha value is -2.81. The number of aromatic nitrogens is 2. The fourth-order valence-electron chi connectivity index (χ4n) is 2.08. The van der Waals surface area contributed by atoms with Gasteiger partial charge in [0.25, 0.3) is 0 Å². The molecule has 1 aromatic heterocycles. The highest BCUT2D eigenvalue weighted by Crippen LogP contribution is 2.18. The Labute approximate surface area is 122 Å². The normalized spacial score (nSPS) is 11.7. The molecular weight excluding hydrogens is 268 g/mol. The quantitative estimate of drug-likeness (QED) is 0.895. The highest BCUT2D eigenvalue weighted by atomic mass is 16.3. The first-order valence-electron chi connectivity index (χ1n) is 6.48. The van der Waals surface area contributed by atoms with Gasteiger partial charge in [0.05, 0.1) is 11.8 Å². The van der Waals surface area contributed by atoms with E-state index < -0.39 is 11.8 Å². The van der Waals surface area contributed by atoms with E-state index in [1.807, 2.05) is 13.0 Å². The van der Waals surface area contributed by atoms with Crippen LogP contribution in [0.4, 0.5) is 5.69 Å². The van der Waals surface area contributed by atoms with E-state index in [0.29, 0.717) is 12.1 Å². The maximum absolute atomic E-state index is 12.1. The number of phenolic OH excluding ortho intramolecular Hbond substituents is 1. The zero-order chi connectivity index (χ0) is 15.4. The third-order valence-electron chi connectivity index (χ3n) is 3.13. The van der Waals surface area contributed by atoms with Crippen LogP contribution in [0.2, 0.25) is 0 Å². The molecule has 0 spiro atoms. The molecule has 1 atom stereocenters. The number of aromatic hydroxyl groups is 1. The van der Waals surface area contributed by atoms with E-state index in [1.165, 1.54) is 12.1 Å². The van der Waals surface area contributed by atoms with E-state index in [0.717, 1.165) is 11.3 Å². The summed E-state index contributed by atoms with van der Waals surface area (Å²) >= 11 is 0. The van der Waals surface area contributed by atoms with Gasteiger partial charge in [-0.1, -0.05) is 6.07 Å². The second kappa shape index (κ2) is 6.09. The maximum atomic E-state index is 12.1. The lowest BCUT2D eigenvalue weighted by Gasteiger charge is -2.10. The van der Waals surface area contributed by atoms with Crippen LogP contribution in [0.5, 0.6) is 5.75 Å². The summed E-state index contributed by atoms with van der Waals surface area (Å²) in [6.07, 6.45) is 2.11. The van der Waals surface area contributed by atoms with Crippen LogP contribution in [0, 0.1) is 24.2 Å². The van der Waals surface area contributed by atoms with Crippen LogP contribution in [0.25, 0.3) is 0 Å². The fraction of sp³-hybridized carbons (Fsp3) is 0.267. The SMILES string of the molecule is Cc1nn(C)cc1C[C@H](C#N)C(=O)Nc1cccc(O)c1. The molecule has 6 nitrogen and oxygen atoms in total. The minimum atomic E-state index is -0.810. The first-order valence-corrected chi connectivity index (χ1v) is 6.48. The van der Waals surface area contributed by atoms with Gasteiger partial charge in [-0.15, -0.1) is 0 Å². The Morgan fingerprint density at radius 1 is 1.57 bits per heavy atom. The number of nitriles is 1. The molecule has 0 radical (unpaired) electrons. The first-order chi connectivity index (χ1) is 9.99. The Morgan fingerprint density at radius 2 is 2.33 bits per heavy atom. The van der Waals surface area contributed by atoms with Crippen molar-refractivity contribution in [1.29, 1.82) is 5.26 Å². The number of anilines is 1. The number of phenols is 1. The van der Waals surface area contributed by atoms with Gasteiger partial charge in [0.2, 0.25) is 5.91 Å². The average Bonchev–Trinajstić information content (AvgIpc) is 2.74. The lowest BCUT2D eigenvalue weighted by molar-refractivity contribution is -0.118. The van der Waals surface area contributed by atoms with Crippen molar-refractivity contribution in [3.05, 3.63) is 41.7 Å². The summed E-state index contributed by atoms with van der Waals surface area (Å²) in [5.74, 6) is -1.15. The summed E-state index contributed by atoms with van der Waals surface area (Å²) in [6.45, 7) is 1.84. The van der Waals surface area contributed by atoms with Gasteiger partial charge in [-0.3, -0.25) is 9.48 Å². The molecule has 0 saturated heterocycles. The summed E-state index contributed by atoms with van der Waals surface area (Å²) in [4.78, 5) is 12.1. The van der Waals surface area contributed by atoms with Crippen molar-refractivity contribution in [3.8, 4) is 11.8 Å². The van der Waals surface area contributed by atoms with E-state index in [2.05, 4.69) is 10.4 Å². The number of aryl methyl sites for hydroxylation is 2. The Bertz CT molecular complexity index is 700. The van der Waals surface area contributed by atoms with Gasteiger partial charge in [-0.25, -0.2) is 0 Å². The van der Waals surface area contributed by atoms with Crippen molar-refractivity contribution < 1.29 is 9.90 Å². The maximum Gasteiger partial charge on any atom is 0.242 e. The molecule has 0 bridgehead atoms. The molecule has 0 aliphatic carbocycles. The van der Waals surface area contributed by atoms with Crippen molar-refractivity contribution in [2.24, 2.45) is 13.0 Å². The molecule has 6 heteroatoms. The summed E-state index contributed by atoms with van der Waals surface area (Å²) in [6, 6.07) is 8.23. The number of benzene rings is 1. The predicted molar refractivity (Wildman–Crippen MR) is 77.5 cm³/mol. The third-order valence-corrected chi connectivity index (χ3v) is 3.13. The van der Waals surface area contributed by atoms with Crippen molar-refractivity contribution >= 4 is 11.6 Å². The Morgan fingerprint density at radius 3 is 2.90 bits per heavy atom. The van der Waals surface area contributed by atoms with Gasteiger partial charge in [0.1, 0.15) is 11.7 Å². The van der Waals surface area contributed by atoms with E-state index >= 15 is 0 Å². The number of amides is 1. The topological polar surface area (TPSA) is 90.9 Å². The van der Waals surface area contributed by atoms with E-state index in [4.69, 9.17) is 0 Å². The largest absolute Gasteiger partial charge is 0.508 e. The summed E-state index contributed by atoms with van der Waals surface area (Å²) < 4.78 is 1.66. The van der Waals surface area contributed by atoms with Crippen LogP contribution >= 0.6 is 0 Å². The summed E-state index contributed by atoms with van der Waals surface area (Å²) in [5.41, 5.74) is 2.14. The van der Waals surface area contributed by atoms with Crippen LogP contribution in [-0.2, 0) is 18.3 Å². The van der Waals surface area contributed by atoms with Crippen molar-refractivity contribution in [2.75, 3.05) is 5.32 Å². The van der Waals surface area contributed by atoms with Gasteiger partial charge >= 0.3 is 0 Å². The number of nitrogens with one attached hydrogen (secondary N) is 1. The molecule has 0 fully saturated rings. The third kappa shape index (κ3) is 3.60. The van der Waals surface area contributed by atoms with Gasteiger partial charge < -0.3 is 10.4 Å². The molecule has 0 aliphatic rings. The minimum Gasteiger partial charge on any atom is -0.508 e. The molecule has 2 N–H and O–H groups in total. The molecule has 1 heterocycles. The van der Waals surface area contributed by atoms with Crippen molar-refractivity contribution in [3.63, 3.8) is 0 Å². The Balaban J connectivity index is 2.09. The monoisotopic (exact) mass is 284 g/mol. The number of rotatable bonds is 4. The van der Waals surface area contributed by atoms with E-state index in [-0.39, 0.29) is 5.75 Å². The predicted octanol–water partition coefficient (Wildman–Crippen LogP) is 1.76.